The fourth-order valence-electron chi connectivity index (χ4n) is 3.49. The molecular weight excluding hydrogens is 288 g/mol. The third-order valence-electron chi connectivity index (χ3n) is 4.68. The molecule has 2 aliphatic rings. The molecule has 1 aromatic rings. The number of nitrogens with two attached hydrogens (primary N) is 1. The molecule has 114 valence electrons. The molecule has 6 heteroatoms. The van der Waals surface area contributed by atoms with Gasteiger partial charge in [-0.05, 0) is 42.4 Å². The molecule has 21 heavy (non-hydrogen) atoms. The van der Waals surface area contributed by atoms with Gasteiger partial charge >= 0.3 is 0 Å². The number of hydrogen-bond donors (Lipinski definition) is 2. The number of nitrogens with one attached hydrogen (secondary N) is 1. The predicted octanol–water partition coefficient (Wildman–Crippen LogP) is 1.39. The summed E-state index contributed by atoms with van der Waals surface area (Å²) in [5.74, 6) is 1.55. The van der Waals surface area contributed by atoms with Gasteiger partial charge < -0.3 is 5.32 Å². The van der Waals surface area contributed by atoms with Crippen LogP contribution < -0.4 is 10.5 Å². The molecule has 1 aromatic carbocycles. The van der Waals surface area contributed by atoms with Crippen LogP contribution in [-0.4, -0.2) is 14.3 Å². The van der Waals surface area contributed by atoms with Gasteiger partial charge in [-0.15, -0.1) is 0 Å². The SMILES string of the molecule is NS(=O)(=O)c1ccc(CNC(=O)C2C3CCCCC32)cc1. The van der Waals surface area contributed by atoms with Crippen LogP contribution in [0, 0.1) is 17.8 Å². The van der Waals surface area contributed by atoms with Crippen molar-refractivity contribution < 1.29 is 13.2 Å². The van der Waals surface area contributed by atoms with Gasteiger partial charge in [-0.2, -0.15) is 0 Å². The minimum atomic E-state index is -3.66. The van der Waals surface area contributed by atoms with Crippen molar-refractivity contribution in [3.05, 3.63) is 29.8 Å². The van der Waals surface area contributed by atoms with Crippen LogP contribution in [0.5, 0.6) is 0 Å². The first-order valence-corrected chi connectivity index (χ1v) is 8.91. The molecule has 3 rings (SSSR count). The fourth-order valence-corrected chi connectivity index (χ4v) is 4.00. The Kier molecular flexibility index (Phi) is 3.75. The summed E-state index contributed by atoms with van der Waals surface area (Å²) in [6, 6.07) is 6.29. The van der Waals surface area contributed by atoms with Crippen LogP contribution in [0.3, 0.4) is 0 Å². The third kappa shape index (κ3) is 3.11. The Morgan fingerprint density at radius 2 is 1.71 bits per heavy atom. The molecule has 0 aliphatic heterocycles. The van der Waals surface area contributed by atoms with Gasteiger partial charge in [-0.1, -0.05) is 25.0 Å². The monoisotopic (exact) mass is 308 g/mol. The molecule has 0 aromatic heterocycles. The number of carbonyl (C=O) groups is 1. The number of carbonyl (C=O) groups excluding carboxylic acids is 1. The summed E-state index contributed by atoms with van der Waals surface area (Å²) in [5, 5.41) is 8.00. The Morgan fingerprint density at radius 3 is 2.24 bits per heavy atom. The van der Waals surface area contributed by atoms with Crippen LogP contribution in [-0.2, 0) is 21.4 Å². The molecule has 2 unspecified atom stereocenters. The maximum atomic E-state index is 12.1. The van der Waals surface area contributed by atoms with E-state index in [2.05, 4.69) is 5.32 Å². The van der Waals surface area contributed by atoms with Gasteiger partial charge in [-0.25, -0.2) is 13.6 Å². The highest BCUT2D eigenvalue weighted by Crippen LogP contribution is 2.55. The summed E-state index contributed by atoms with van der Waals surface area (Å²) in [7, 11) is -3.66. The molecule has 2 aliphatic carbocycles. The van der Waals surface area contributed by atoms with Crippen molar-refractivity contribution in [2.75, 3.05) is 0 Å². The first-order chi connectivity index (χ1) is 9.97. The lowest BCUT2D eigenvalue weighted by atomic mass is 10.0. The molecule has 3 N–H and O–H groups in total. The lowest BCUT2D eigenvalue weighted by Gasteiger charge is -2.06. The van der Waals surface area contributed by atoms with Crippen LogP contribution in [0.25, 0.3) is 0 Å². The van der Waals surface area contributed by atoms with Gasteiger partial charge in [0.25, 0.3) is 0 Å². The number of primary sulfonamides is 1. The topological polar surface area (TPSA) is 89.3 Å². The number of rotatable bonds is 4. The minimum absolute atomic E-state index is 0.0887. The Hall–Kier alpha value is -1.40. The van der Waals surface area contributed by atoms with Gasteiger partial charge in [0.05, 0.1) is 4.90 Å². The molecule has 2 atom stereocenters. The van der Waals surface area contributed by atoms with E-state index in [-0.39, 0.29) is 16.7 Å². The number of sulfonamides is 1. The second kappa shape index (κ2) is 5.42. The lowest BCUT2D eigenvalue weighted by molar-refractivity contribution is -0.123. The Balaban J connectivity index is 1.55. The molecule has 1 amide bonds. The molecule has 0 heterocycles. The quantitative estimate of drug-likeness (QED) is 0.880. The molecular formula is C15H20N2O3S. The largest absolute Gasteiger partial charge is 0.352 e. The van der Waals surface area contributed by atoms with Gasteiger partial charge in [0.15, 0.2) is 0 Å². The molecule has 0 saturated heterocycles. The van der Waals surface area contributed by atoms with E-state index in [1.54, 1.807) is 12.1 Å². The first-order valence-electron chi connectivity index (χ1n) is 7.36. The zero-order chi connectivity index (χ0) is 15.0. The highest BCUT2D eigenvalue weighted by atomic mass is 32.2. The highest BCUT2D eigenvalue weighted by Gasteiger charge is 2.54. The fraction of sp³-hybridized carbons (Fsp3) is 0.533. The Labute approximate surface area is 125 Å². The maximum absolute atomic E-state index is 12.1. The van der Waals surface area contributed by atoms with Crippen molar-refractivity contribution in [2.24, 2.45) is 22.9 Å². The highest BCUT2D eigenvalue weighted by molar-refractivity contribution is 7.89. The van der Waals surface area contributed by atoms with E-state index in [1.165, 1.54) is 37.8 Å². The average Bonchev–Trinajstić information content (AvgIpc) is 3.18. The lowest BCUT2D eigenvalue weighted by Crippen LogP contribution is -2.25. The van der Waals surface area contributed by atoms with Crippen LogP contribution in [0.15, 0.2) is 29.2 Å². The second-order valence-electron chi connectivity index (χ2n) is 6.04. The minimum Gasteiger partial charge on any atom is -0.352 e. The van der Waals surface area contributed by atoms with E-state index in [1.807, 2.05) is 0 Å². The van der Waals surface area contributed by atoms with E-state index < -0.39 is 10.0 Å². The number of fused-ring (bicyclic) bond motifs is 1. The molecule has 0 bridgehead atoms. The third-order valence-corrected chi connectivity index (χ3v) is 5.61. The van der Waals surface area contributed by atoms with Gasteiger partial charge in [0, 0.05) is 12.5 Å². The number of benzene rings is 1. The van der Waals surface area contributed by atoms with Crippen LogP contribution in [0.1, 0.15) is 31.2 Å². The molecule has 0 radical (unpaired) electrons. The zero-order valence-corrected chi connectivity index (χ0v) is 12.6. The van der Waals surface area contributed by atoms with Crippen molar-refractivity contribution in [1.29, 1.82) is 0 Å². The van der Waals surface area contributed by atoms with Crippen molar-refractivity contribution in [2.45, 2.75) is 37.1 Å². The molecule has 0 spiro atoms. The van der Waals surface area contributed by atoms with E-state index in [0.717, 1.165) is 5.56 Å². The van der Waals surface area contributed by atoms with Crippen molar-refractivity contribution in [3.63, 3.8) is 0 Å². The van der Waals surface area contributed by atoms with Crippen molar-refractivity contribution in [3.8, 4) is 0 Å². The predicted molar refractivity (Wildman–Crippen MR) is 78.6 cm³/mol. The smallest absolute Gasteiger partial charge is 0.238 e. The molecule has 5 nitrogen and oxygen atoms in total. The molecule has 2 saturated carbocycles. The summed E-state index contributed by atoms with van der Waals surface area (Å²) < 4.78 is 22.3. The normalized spacial score (nSPS) is 27.8. The molecule has 2 fully saturated rings. The number of hydrogen-bond acceptors (Lipinski definition) is 3. The Morgan fingerprint density at radius 1 is 1.14 bits per heavy atom. The summed E-state index contributed by atoms with van der Waals surface area (Å²) in [6.45, 7) is 0.430. The summed E-state index contributed by atoms with van der Waals surface area (Å²) >= 11 is 0. The van der Waals surface area contributed by atoms with Gasteiger partial charge in [0.2, 0.25) is 15.9 Å². The van der Waals surface area contributed by atoms with Gasteiger partial charge in [-0.3, -0.25) is 4.79 Å². The van der Waals surface area contributed by atoms with Crippen molar-refractivity contribution >= 4 is 15.9 Å². The van der Waals surface area contributed by atoms with E-state index in [4.69, 9.17) is 5.14 Å². The van der Waals surface area contributed by atoms with E-state index in [0.29, 0.717) is 18.4 Å². The summed E-state index contributed by atoms with van der Waals surface area (Å²) in [6.07, 6.45) is 4.87. The van der Waals surface area contributed by atoms with E-state index in [9.17, 15) is 13.2 Å². The summed E-state index contributed by atoms with van der Waals surface area (Å²) in [5.41, 5.74) is 0.874. The zero-order valence-electron chi connectivity index (χ0n) is 11.8. The van der Waals surface area contributed by atoms with Gasteiger partial charge in [0.1, 0.15) is 0 Å². The van der Waals surface area contributed by atoms with Crippen LogP contribution >= 0.6 is 0 Å². The second-order valence-corrected chi connectivity index (χ2v) is 7.61. The summed E-state index contributed by atoms with van der Waals surface area (Å²) in [4.78, 5) is 12.2. The first kappa shape index (κ1) is 14.5. The van der Waals surface area contributed by atoms with E-state index >= 15 is 0 Å². The maximum Gasteiger partial charge on any atom is 0.238 e. The van der Waals surface area contributed by atoms with Crippen LogP contribution in [0.4, 0.5) is 0 Å². The van der Waals surface area contributed by atoms with Crippen LogP contribution in [0.2, 0.25) is 0 Å². The average molecular weight is 308 g/mol. The standard InChI is InChI=1S/C15H20N2O3S/c16-21(19,20)11-7-5-10(6-8-11)9-17-15(18)14-12-3-1-2-4-13(12)14/h5-8,12-14H,1-4,9H2,(H,17,18)(H2,16,19,20). The van der Waals surface area contributed by atoms with Crippen molar-refractivity contribution in [1.82, 2.24) is 5.32 Å². The number of amides is 1. The Bertz CT molecular complexity index is 627.